The van der Waals surface area contributed by atoms with Gasteiger partial charge in [0.15, 0.2) is 4.96 Å². The van der Waals surface area contributed by atoms with Crippen molar-refractivity contribution in [2.75, 3.05) is 0 Å². The van der Waals surface area contributed by atoms with Crippen LogP contribution in [0.4, 0.5) is 4.39 Å². The molecule has 0 saturated heterocycles. The van der Waals surface area contributed by atoms with E-state index >= 15 is 0 Å². The number of imidazole rings is 1. The molecule has 0 saturated carbocycles. The molecule has 0 radical (unpaired) electrons. The van der Waals surface area contributed by atoms with Gasteiger partial charge in [0.2, 0.25) is 0 Å². The highest BCUT2D eigenvalue weighted by molar-refractivity contribution is 9.10. The summed E-state index contributed by atoms with van der Waals surface area (Å²) in [6.07, 6.45) is 3.89. The van der Waals surface area contributed by atoms with Crippen LogP contribution in [0.15, 0.2) is 40.4 Å². The van der Waals surface area contributed by atoms with E-state index in [9.17, 15) is 4.39 Å². The van der Waals surface area contributed by atoms with Crippen molar-refractivity contribution in [2.24, 2.45) is 0 Å². The van der Waals surface area contributed by atoms with Gasteiger partial charge >= 0.3 is 0 Å². The average molecular weight is 297 g/mol. The summed E-state index contributed by atoms with van der Waals surface area (Å²) in [4.78, 5) is 5.39. The van der Waals surface area contributed by atoms with E-state index in [0.717, 1.165) is 16.2 Å². The topological polar surface area (TPSA) is 17.3 Å². The van der Waals surface area contributed by atoms with Gasteiger partial charge in [0.1, 0.15) is 5.82 Å². The minimum atomic E-state index is -0.259. The first-order chi connectivity index (χ1) is 7.74. The van der Waals surface area contributed by atoms with E-state index in [4.69, 9.17) is 0 Å². The highest BCUT2D eigenvalue weighted by Crippen LogP contribution is 2.25. The van der Waals surface area contributed by atoms with Gasteiger partial charge in [-0.1, -0.05) is 0 Å². The summed E-state index contributed by atoms with van der Waals surface area (Å²) in [5, 5.41) is 1.98. The standard InChI is InChI=1S/C11H6BrFN2S/c12-8-5-7(1-2-9(8)13)10-6-15-3-4-16-11(15)14-10/h1-6H. The van der Waals surface area contributed by atoms with Crippen molar-refractivity contribution in [3.63, 3.8) is 0 Å². The van der Waals surface area contributed by atoms with Crippen LogP contribution in [0.1, 0.15) is 0 Å². The maximum Gasteiger partial charge on any atom is 0.194 e. The van der Waals surface area contributed by atoms with Gasteiger partial charge in [-0.25, -0.2) is 9.37 Å². The lowest BCUT2D eigenvalue weighted by Crippen LogP contribution is -1.81. The zero-order chi connectivity index (χ0) is 11.1. The molecule has 0 spiro atoms. The predicted molar refractivity (Wildman–Crippen MR) is 66.2 cm³/mol. The van der Waals surface area contributed by atoms with E-state index < -0.39 is 0 Å². The monoisotopic (exact) mass is 296 g/mol. The van der Waals surface area contributed by atoms with Gasteiger partial charge < -0.3 is 0 Å². The molecule has 0 N–H and O–H groups in total. The first-order valence-electron chi connectivity index (χ1n) is 4.62. The molecule has 0 unspecified atom stereocenters. The Morgan fingerprint density at radius 3 is 3.00 bits per heavy atom. The van der Waals surface area contributed by atoms with E-state index in [1.54, 1.807) is 23.5 Å². The van der Waals surface area contributed by atoms with Crippen LogP contribution in [0.3, 0.4) is 0 Å². The Bertz CT molecular complexity index is 630. The third kappa shape index (κ3) is 1.56. The summed E-state index contributed by atoms with van der Waals surface area (Å²) in [6.45, 7) is 0. The largest absolute Gasteiger partial charge is 0.297 e. The molecule has 0 aliphatic rings. The lowest BCUT2D eigenvalue weighted by atomic mass is 10.2. The average Bonchev–Trinajstić information content (AvgIpc) is 2.81. The number of nitrogens with zero attached hydrogens (tertiary/aromatic N) is 2. The molecule has 1 aromatic carbocycles. The fourth-order valence-electron chi connectivity index (χ4n) is 1.52. The van der Waals surface area contributed by atoms with Gasteiger partial charge in [0.05, 0.1) is 10.2 Å². The summed E-state index contributed by atoms with van der Waals surface area (Å²) in [5.41, 5.74) is 1.76. The second-order valence-corrected chi connectivity index (χ2v) is 5.08. The molecule has 2 heterocycles. The van der Waals surface area contributed by atoms with Crippen LogP contribution in [0, 0.1) is 5.82 Å². The lowest BCUT2D eigenvalue weighted by Gasteiger charge is -1.98. The van der Waals surface area contributed by atoms with Gasteiger partial charge in [0, 0.05) is 23.3 Å². The van der Waals surface area contributed by atoms with Crippen molar-refractivity contribution in [1.82, 2.24) is 9.38 Å². The number of aromatic nitrogens is 2. The Morgan fingerprint density at radius 2 is 2.25 bits per heavy atom. The van der Waals surface area contributed by atoms with Crippen LogP contribution in [0.25, 0.3) is 16.2 Å². The smallest absolute Gasteiger partial charge is 0.194 e. The summed E-state index contributed by atoms with van der Waals surface area (Å²) in [6, 6.07) is 4.90. The molecule has 0 aliphatic carbocycles. The molecule has 16 heavy (non-hydrogen) atoms. The lowest BCUT2D eigenvalue weighted by molar-refractivity contribution is 0.621. The number of fused-ring (bicyclic) bond motifs is 1. The third-order valence-corrected chi connectivity index (χ3v) is 3.69. The minimum Gasteiger partial charge on any atom is -0.297 e. The Hall–Kier alpha value is -1.20. The van der Waals surface area contributed by atoms with E-state index in [-0.39, 0.29) is 5.82 Å². The molecule has 0 amide bonds. The van der Waals surface area contributed by atoms with Crippen molar-refractivity contribution in [1.29, 1.82) is 0 Å². The SMILES string of the molecule is Fc1ccc(-c2cn3ccsc3n2)cc1Br. The van der Waals surface area contributed by atoms with Gasteiger partial charge in [-0.15, -0.1) is 11.3 Å². The quantitative estimate of drug-likeness (QED) is 0.664. The van der Waals surface area contributed by atoms with Crippen molar-refractivity contribution >= 4 is 32.2 Å². The molecule has 3 rings (SSSR count). The van der Waals surface area contributed by atoms with Gasteiger partial charge in [0.25, 0.3) is 0 Å². The predicted octanol–water partition coefficient (Wildman–Crippen LogP) is 3.96. The molecule has 80 valence electrons. The van der Waals surface area contributed by atoms with Crippen molar-refractivity contribution in [2.45, 2.75) is 0 Å². The molecular weight excluding hydrogens is 291 g/mol. The maximum atomic E-state index is 13.1. The number of thiazole rings is 1. The van der Waals surface area contributed by atoms with Crippen LogP contribution in [0.2, 0.25) is 0 Å². The summed E-state index contributed by atoms with van der Waals surface area (Å²) < 4.78 is 15.5. The molecule has 0 fully saturated rings. The zero-order valence-electron chi connectivity index (χ0n) is 8.02. The molecule has 5 heteroatoms. The fraction of sp³-hybridized carbons (Fsp3) is 0. The number of rotatable bonds is 1. The van der Waals surface area contributed by atoms with E-state index in [1.807, 2.05) is 22.2 Å². The number of hydrogen-bond donors (Lipinski definition) is 0. The molecule has 2 aromatic heterocycles. The van der Waals surface area contributed by atoms with Crippen LogP contribution >= 0.6 is 27.3 Å². The molecule has 2 nitrogen and oxygen atoms in total. The highest BCUT2D eigenvalue weighted by Gasteiger charge is 2.07. The van der Waals surface area contributed by atoms with Crippen molar-refractivity contribution in [3.05, 3.63) is 46.3 Å². The molecule has 0 bridgehead atoms. The molecule has 3 aromatic rings. The van der Waals surface area contributed by atoms with E-state index in [2.05, 4.69) is 20.9 Å². The second kappa shape index (κ2) is 3.68. The van der Waals surface area contributed by atoms with E-state index in [0.29, 0.717) is 4.47 Å². The Kier molecular flexibility index (Phi) is 2.29. The highest BCUT2D eigenvalue weighted by atomic mass is 79.9. The number of benzene rings is 1. The fourth-order valence-corrected chi connectivity index (χ4v) is 2.60. The van der Waals surface area contributed by atoms with Gasteiger partial charge in [-0.2, -0.15) is 0 Å². The number of hydrogen-bond acceptors (Lipinski definition) is 2. The van der Waals surface area contributed by atoms with Crippen molar-refractivity contribution in [3.8, 4) is 11.3 Å². The zero-order valence-corrected chi connectivity index (χ0v) is 10.4. The third-order valence-electron chi connectivity index (χ3n) is 2.31. The van der Waals surface area contributed by atoms with Gasteiger partial charge in [-0.3, -0.25) is 4.40 Å². The minimum absolute atomic E-state index is 0.259. The molecular formula is C11H6BrFN2S. The Morgan fingerprint density at radius 1 is 1.38 bits per heavy atom. The summed E-state index contributed by atoms with van der Waals surface area (Å²) >= 11 is 4.75. The second-order valence-electron chi connectivity index (χ2n) is 3.35. The Labute approximate surface area is 103 Å². The number of halogens is 2. The first-order valence-corrected chi connectivity index (χ1v) is 6.29. The van der Waals surface area contributed by atoms with Crippen molar-refractivity contribution < 1.29 is 4.39 Å². The van der Waals surface area contributed by atoms with E-state index in [1.165, 1.54) is 6.07 Å². The van der Waals surface area contributed by atoms with Crippen LogP contribution in [0.5, 0.6) is 0 Å². The Balaban J connectivity index is 2.15. The normalized spacial score (nSPS) is 11.1. The van der Waals surface area contributed by atoms with Gasteiger partial charge in [-0.05, 0) is 34.1 Å². The maximum absolute atomic E-state index is 13.1. The van der Waals surface area contributed by atoms with Crippen LogP contribution in [-0.4, -0.2) is 9.38 Å². The molecule has 0 atom stereocenters. The van der Waals surface area contributed by atoms with Crippen LogP contribution in [-0.2, 0) is 0 Å². The van der Waals surface area contributed by atoms with Crippen LogP contribution < -0.4 is 0 Å². The summed E-state index contributed by atoms with van der Waals surface area (Å²) in [7, 11) is 0. The summed E-state index contributed by atoms with van der Waals surface area (Å²) in [5.74, 6) is -0.259. The molecule has 0 aliphatic heterocycles. The first kappa shape index (κ1) is 9.99.